The molecule has 0 aromatic rings. The van der Waals surface area contributed by atoms with Crippen LogP contribution in [0.15, 0.2) is 0 Å². The first kappa shape index (κ1) is 14.9. The van der Waals surface area contributed by atoms with Gasteiger partial charge in [0.1, 0.15) is 0 Å². The molecule has 92 valence electrons. The third-order valence-electron chi connectivity index (χ3n) is 3.48. The highest BCUT2D eigenvalue weighted by atomic mass is 15.3. The molecule has 3 nitrogen and oxygen atoms in total. The van der Waals surface area contributed by atoms with E-state index in [1.165, 1.54) is 12.8 Å². The molecule has 0 rings (SSSR count). The molecule has 1 unspecified atom stereocenters. The fraction of sp³-hybridized carbons (Fsp3) is 1.00. The van der Waals surface area contributed by atoms with Gasteiger partial charge in [-0.2, -0.15) is 0 Å². The minimum Gasteiger partial charge on any atom is -0.297 e. The van der Waals surface area contributed by atoms with Crippen molar-refractivity contribution in [3.05, 3.63) is 0 Å². The molecule has 0 fully saturated rings. The van der Waals surface area contributed by atoms with Gasteiger partial charge in [-0.15, -0.1) is 0 Å². The van der Waals surface area contributed by atoms with E-state index in [-0.39, 0.29) is 5.54 Å². The average Bonchev–Trinajstić information content (AvgIpc) is 2.20. The number of hydrazine groups is 1. The van der Waals surface area contributed by atoms with Crippen LogP contribution >= 0.6 is 0 Å². The summed E-state index contributed by atoms with van der Waals surface area (Å²) >= 11 is 0. The predicted octanol–water partition coefficient (Wildman–Crippen LogP) is 2.13. The Balaban J connectivity index is 4.47. The van der Waals surface area contributed by atoms with Crippen molar-refractivity contribution in [2.45, 2.75) is 65.5 Å². The van der Waals surface area contributed by atoms with Crippen molar-refractivity contribution in [1.82, 2.24) is 10.3 Å². The van der Waals surface area contributed by atoms with Crippen LogP contribution in [0, 0.1) is 0 Å². The first-order valence-electron chi connectivity index (χ1n) is 6.25. The maximum atomic E-state index is 5.67. The lowest BCUT2D eigenvalue weighted by Crippen LogP contribution is -2.59. The Labute approximate surface area is 95.4 Å². The Morgan fingerprint density at radius 2 is 1.73 bits per heavy atom. The summed E-state index contributed by atoms with van der Waals surface area (Å²) < 4.78 is 0. The fourth-order valence-corrected chi connectivity index (χ4v) is 2.31. The smallest absolute Gasteiger partial charge is 0.0389 e. The molecule has 0 aromatic heterocycles. The van der Waals surface area contributed by atoms with Crippen LogP contribution in [0.2, 0.25) is 0 Å². The second-order valence-electron chi connectivity index (χ2n) is 4.69. The third kappa shape index (κ3) is 4.09. The van der Waals surface area contributed by atoms with Crippen LogP contribution in [0.1, 0.15) is 53.9 Å². The first-order chi connectivity index (χ1) is 7.04. The molecule has 3 heteroatoms. The topological polar surface area (TPSA) is 41.3 Å². The van der Waals surface area contributed by atoms with E-state index in [1.54, 1.807) is 0 Å². The summed E-state index contributed by atoms with van der Waals surface area (Å²) in [6.07, 6.45) is 3.61. The van der Waals surface area contributed by atoms with E-state index in [0.717, 1.165) is 19.5 Å². The van der Waals surface area contributed by atoms with Crippen LogP contribution in [0.5, 0.6) is 0 Å². The number of hydrogen-bond donors (Lipinski definition) is 2. The lowest BCUT2D eigenvalue weighted by Gasteiger charge is -2.43. The number of rotatable bonds is 8. The minimum absolute atomic E-state index is 0.132. The summed E-state index contributed by atoms with van der Waals surface area (Å²) in [5.41, 5.74) is 3.12. The Morgan fingerprint density at radius 1 is 1.20 bits per heavy atom. The zero-order valence-corrected chi connectivity index (χ0v) is 11.1. The summed E-state index contributed by atoms with van der Waals surface area (Å²) in [5, 5.41) is 0. The lowest BCUT2D eigenvalue weighted by molar-refractivity contribution is 0.0866. The van der Waals surface area contributed by atoms with Gasteiger partial charge in [-0.1, -0.05) is 33.6 Å². The van der Waals surface area contributed by atoms with Gasteiger partial charge in [0.2, 0.25) is 0 Å². The maximum absolute atomic E-state index is 5.67. The molecule has 0 heterocycles. The van der Waals surface area contributed by atoms with Gasteiger partial charge in [-0.3, -0.25) is 16.2 Å². The van der Waals surface area contributed by atoms with E-state index in [9.17, 15) is 0 Å². The Bertz CT molecular complexity index is 153. The first-order valence-corrected chi connectivity index (χ1v) is 6.25. The molecule has 0 bridgehead atoms. The van der Waals surface area contributed by atoms with E-state index in [2.05, 4.69) is 44.9 Å². The summed E-state index contributed by atoms with van der Waals surface area (Å²) in [4.78, 5) is 2.47. The molecular weight excluding hydrogens is 186 g/mol. The van der Waals surface area contributed by atoms with Gasteiger partial charge in [0.05, 0.1) is 0 Å². The quantitative estimate of drug-likeness (QED) is 0.481. The highest BCUT2D eigenvalue weighted by molar-refractivity contribution is 4.91. The molecule has 0 spiro atoms. The number of hydrogen-bond acceptors (Lipinski definition) is 3. The Kier molecular flexibility index (Phi) is 7.14. The summed E-state index contributed by atoms with van der Waals surface area (Å²) in [5.74, 6) is 5.67. The van der Waals surface area contributed by atoms with Crippen LogP contribution in [0.3, 0.4) is 0 Å². The van der Waals surface area contributed by atoms with Crippen molar-refractivity contribution in [2.75, 3.05) is 13.1 Å². The molecule has 0 saturated carbocycles. The molecule has 0 aromatic carbocycles. The SMILES string of the molecule is CCCCC(NN)C(C)(C)N(CC)CC. The normalized spacial score (nSPS) is 14.6. The fourth-order valence-electron chi connectivity index (χ4n) is 2.31. The van der Waals surface area contributed by atoms with Crippen LogP contribution < -0.4 is 11.3 Å². The van der Waals surface area contributed by atoms with Gasteiger partial charge in [0.25, 0.3) is 0 Å². The van der Waals surface area contributed by atoms with Crippen LogP contribution in [-0.4, -0.2) is 29.6 Å². The third-order valence-corrected chi connectivity index (χ3v) is 3.48. The van der Waals surface area contributed by atoms with Crippen LogP contribution in [0.25, 0.3) is 0 Å². The standard InChI is InChI=1S/C12H29N3/c1-6-9-10-11(14-13)12(4,5)15(7-2)8-3/h11,14H,6-10,13H2,1-5H3. The van der Waals surface area contributed by atoms with Crippen molar-refractivity contribution < 1.29 is 0 Å². The van der Waals surface area contributed by atoms with Crippen molar-refractivity contribution >= 4 is 0 Å². The summed E-state index contributed by atoms with van der Waals surface area (Å²) in [7, 11) is 0. The number of nitrogens with one attached hydrogen (secondary N) is 1. The molecule has 3 N–H and O–H groups in total. The van der Waals surface area contributed by atoms with Gasteiger partial charge in [-0.25, -0.2) is 0 Å². The Hall–Kier alpha value is -0.120. The zero-order chi connectivity index (χ0) is 11.9. The number of likely N-dealkylation sites (N-methyl/N-ethyl adjacent to an activating group) is 1. The number of unbranched alkanes of at least 4 members (excludes halogenated alkanes) is 1. The molecular formula is C12H29N3. The van der Waals surface area contributed by atoms with E-state index < -0.39 is 0 Å². The van der Waals surface area contributed by atoms with Crippen LogP contribution in [-0.2, 0) is 0 Å². The second-order valence-corrected chi connectivity index (χ2v) is 4.69. The molecule has 15 heavy (non-hydrogen) atoms. The van der Waals surface area contributed by atoms with Crippen molar-refractivity contribution in [1.29, 1.82) is 0 Å². The molecule has 0 amide bonds. The number of nitrogens with two attached hydrogens (primary N) is 1. The van der Waals surface area contributed by atoms with Crippen molar-refractivity contribution in [3.8, 4) is 0 Å². The van der Waals surface area contributed by atoms with E-state index in [4.69, 9.17) is 5.84 Å². The molecule has 0 aliphatic carbocycles. The average molecular weight is 215 g/mol. The van der Waals surface area contributed by atoms with Gasteiger partial charge in [0, 0.05) is 11.6 Å². The molecule has 1 atom stereocenters. The number of nitrogens with zero attached hydrogens (tertiary/aromatic N) is 1. The Morgan fingerprint density at radius 3 is 2.07 bits per heavy atom. The molecule has 0 aliphatic rings. The lowest BCUT2D eigenvalue weighted by atomic mass is 9.89. The van der Waals surface area contributed by atoms with E-state index >= 15 is 0 Å². The van der Waals surface area contributed by atoms with Crippen LogP contribution in [0.4, 0.5) is 0 Å². The second kappa shape index (κ2) is 7.20. The summed E-state index contributed by atoms with van der Waals surface area (Å²) in [6, 6.07) is 0.373. The van der Waals surface area contributed by atoms with Gasteiger partial charge >= 0.3 is 0 Å². The van der Waals surface area contributed by atoms with Gasteiger partial charge < -0.3 is 0 Å². The van der Waals surface area contributed by atoms with Gasteiger partial charge in [-0.05, 0) is 33.4 Å². The van der Waals surface area contributed by atoms with Crippen molar-refractivity contribution in [2.24, 2.45) is 5.84 Å². The highest BCUT2D eigenvalue weighted by Gasteiger charge is 2.32. The largest absolute Gasteiger partial charge is 0.297 e. The maximum Gasteiger partial charge on any atom is 0.0389 e. The van der Waals surface area contributed by atoms with Gasteiger partial charge in [0.15, 0.2) is 0 Å². The summed E-state index contributed by atoms with van der Waals surface area (Å²) in [6.45, 7) is 13.3. The molecule has 0 radical (unpaired) electrons. The predicted molar refractivity (Wildman–Crippen MR) is 67.6 cm³/mol. The molecule has 0 saturated heterocycles. The molecule has 0 aliphatic heterocycles. The zero-order valence-electron chi connectivity index (χ0n) is 11.1. The highest BCUT2D eigenvalue weighted by Crippen LogP contribution is 2.22. The van der Waals surface area contributed by atoms with E-state index in [0.29, 0.717) is 6.04 Å². The van der Waals surface area contributed by atoms with E-state index in [1.807, 2.05) is 0 Å². The van der Waals surface area contributed by atoms with Crippen molar-refractivity contribution in [3.63, 3.8) is 0 Å². The monoisotopic (exact) mass is 215 g/mol. The minimum atomic E-state index is 0.132.